The Morgan fingerprint density at radius 3 is 2.77 bits per heavy atom. The minimum atomic E-state index is -1.28. The Morgan fingerprint density at radius 2 is 2.38 bits per heavy atom. The van der Waals surface area contributed by atoms with Crippen LogP contribution in [0.25, 0.3) is 0 Å². The molecule has 0 fully saturated rings. The van der Waals surface area contributed by atoms with E-state index in [0.717, 1.165) is 0 Å². The molecule has 1 heterocycles. The first-order valence-corrected chi connectivity index (χ1v) is 4.03. The highest BCUT2D eigenvalue weighted by molar-refractivity contribution is 5.87. The third kappa shape index (κ3) is 1.65. The van der Waals surface area contributed by atoms with Crippen molar-refractivity contribution < 1.29 is 19.0 Å². The number of ether oxygens (including phenoxy) is 3. The van der Waals surface area contributed by atoms with Gasteiger partial charge in [-0.1, -0.05) is 6.92 Å². The molecule has 1 aliphatic heterocycles. The molecule has 0 spiro atoms. The summed E-state index contributed by atoms with van der Waals surface area (Å²) in [7, 11) is 2.70. The first-order valence-electron chi connectivity index (χ1n) is 4.03. The largest absolute Gasteiger partial charge is 0.475 e. The smallest absolute Gasteiger partial charge is 0.365 e. The van der Waals surface area contributed by atoms with Gasteiger partial charge in [0.15, 0.2) is 12.5 Å². The fourth-order valence-electron chi connectivity index (χ4n) is 1.08. The van der Waals surface area contributed by atoms with E-state index in [9.17, 15) is 4.79 Å². The Labute approximate surface area is 76.7 Å². The van der Waals surface area contributed by atoms with Crippen molar-refractivity contribution in [2.75, 3.05) is 20.8 Å². The van der Waals surface area contributed by atoms with Crippen molar-refractivity contribution in [2.24, 2.45) is 4.99 Å². The van der Waals surface area contributed by atoms with Crippen LogP contribution in [0.3, 0.4) is 0 Å². The molecule has 1 atom stereocenters. The summed E-state index contributed by atoms with van der Waals surface area (Å²) in [5, 5.41) is 0. The van der Waals surface area contributed by atoms with Gasteiger partial charge in [-0.15, -0.1) is 0 Å². The molecule has 0 saturated carbocycles. The molecule has 5 nitrogen and oxygen atoms in total. The number of esters is 1. The fourth-order valence-corrected chi connectivity index (χ4v) is 1.08. The maximum absolute atomic E-state index is 11.3. The summed E-state index contributed by atoms with van der Waals surface area (Å²) in [6.45, 7) is 1.99. The normalized spacial score (nSPS) is 26.5. The molecule has 0 aromatic heterocycles. The highest BCUT2D eigenvalue weighted by Gasteiger charge is 2.45. The topological polar surface area (TPSA) is 57.1 Å². The van der Waals surface area contributed by atoms with E-state index in [0.29, 0.717) is 12.3 Å². The van der Waals surface area contributed by atoms with Crippen LogP contribution in [0, 0.1) is 0 Å². The number of aliphatic imine (C=N–C) groups is 1. The summed E-state index contributed by atoms with van der Waals surface area (Å²) in [5.74, 6) is -0.00861. The zero-order chi connectivity index (χ0) is 9.90. The van der Waals surface area contributed by atoms with E-state index in [1.807, 2.05) is 6.92 Å². The summed E-state index contributed by atoms with van der Waals surface area (Å²) in [6.07, 6.45) is 0.641. The molecular weight excluding hydrogens is 174 g/mol. The molecule has 0 saturated heterocycles. The fraction of sp³-hybridized carbons (Fsp3) is 0.750. The molecular formula is C8H13NO4. The van der Waals surface area contributed by atoms with E-state index in [1.165, 1.54) is 14.2 Å². The van der Waals surface area contributed by atoms with Crippen LogP contribution in [0.15, 0.2) is 4.99 Å². The van der Waals surface area contributed by atoms with Crippen molar-refractivity contribution in [3.63, 3.8) is 0 Å². The molecule has 1 rings (SSSR count). The molecule has 13 heavy (non-hydrogen) atoms. The molecule has 0 radical (unpaired) electrons. The lowest BCUT2D eigenvalue weighted by molar-refractivity contribution is -0.166. The van der Waals surface area contributed by atoms with Gasteiger partial charge in [0.05, 0.1) is 7.11 Å². The second kappa shape index (κ2) is 3.74. The Hall–Kier alpha value is -1.10. The molecule has 0 bridgehead atoms. The molecule has 0 aliphatic carbocycles. The lowest BCUT2D eigenvalue weighted by Gasteiger charge is -2.18. The van der Waals surface area contributed by atoms with Gasteiger partial charge >= 0.3 is 5.97 Å². The summed E-state index contributed by atoms with van der Waals surface area (Å²) >= 11 is 0. The Balaban J connectivity index is 2.84. The third-order valence-electron chi connectivity index (χ3n) is 1.88. The zero-order valence-corrected chi connectivity index (χ0v) is 7.99. The number of carbonyl (C=O) groups is 1. The number of methoxy groups -OCH3 is 2. The molecule has 0 amide bonds. The van der Waals surface area contributed by atoms with Gasteiger partial charge < -0.3 is 14.2 Å². The summed E-state index contributed by atoms with van der Waals surface area (Å²) in [6, 6.07) is 0. The third-order valence-corrected chi connectivity index (χ3v) is 1.88. The summed E-state index contributed by atoms with van der Waals surface area (Å²) < 4.78 is 14.7. The van der Waals surface area contributed by atoms with Crippen molar-refractivity contribution in [1.82, 2.24) is 0 Å². The summed E-state index contributed by atoms with van der Waals surface area (Å²) in [5.41, 5.74) is -1.28. The highest BCUT2D eigenvalue weighted by Crippen LogP contribution is 2.22. The second-order valence-corrected chi connectivity index (χ2v) is 2.63. The van der Waals surface area contributed by atoms with Gasteiger partial charge in [0.25, 0.3) is 5.72 Å². The number of carbonyl (C=O) groups excluding carboxylic acids is 1. The first-order chi connectivity index (χ1) is 6.18. The minimum Gasteiger partial charge on any atom is -0.475 e. The summed E-state index contributed by atoms with van der Waals surface area (Å²) in [4.78, 5) is 15.3. The number of nitrogens with zero attached hydrogens (tertiary/aromatic N) is 1. The van der Waals surface area contributed by atoms with Gasteiger partial charge in [-0.2, -0.15) is 0 Å². The average molecular weight is 187 g/mol. The van der Waals surface area contributed by atoms with Crippen LogP contribution in [0.4, 0.5) is 0 Å². The highest BCUT2D eigenvalue weighted by atomic mass is 16.6. The van der Waals surface area contributed by atoms with Crippen LogP contribution in [0.1, 0.15) is 13.3 Å². The van der Waals surface area contributed by atoms with Crippen molar-refractivity contribution >= 4 is 11.9 Å². The average Bonchev–Trinajstić information content (AvgIpc) is 2.61. The van der Waals surface area contributed by atoms with E-state index in [2.05, 4.69) is 9.73 Å². The van der Waals surface area contributed by atoms with E-state index in [-0.39, 0.29) is 6.61 Å². The molecule has 1 aliphatic rings. The lowest BCUT2D eigenvalue weighted by atomic mass is 10.2. The number of rotatable bonds is 3. The zero-order valence-electron chi connectivity index (χ0n) is 7.99. The van der Waals surface area contributed by atoms with Crippen LogP contribution in [-0.2, 0) is 19.0 Å². The van der Waals surface area contributed by atoms with Crippen molar-refractivity contribution in [3.05, 3.63) is 0 Å². The van der Waals surface area contributed by atoms with Crippen LogP contribution < -0.4 is 0 Å². The molecule has 5 heteroatoms. The lowest BCUT2D eigenvalue weighted by Crippen LogP contribution is -2.41. The SMILES string of the molecule is CCC1=NC(OC)(C(=O)OC)CO1. The predicted octanol–water partition coefficient (Wildman–Crippen LogP) is 0.341. The van der Waals surface area contributed by atoms with Gasteiger partial charge in [-0.3, -0.25) is 0 Å². The van der Waals surface area contributed by atoms with Gasteiger partial charge in [0, 0.05) is 13.5 Å². The monoisotopic (exact) mass is 187 g/mol. The van der Waals surface area contributed by atoms with E-state index in [4.69, 9.17) is 9.47 Å². The second-order valence-electron chi connectivity index (χ2n) is 2.63. The van der Waals surface area contributed by atoms with Gasteiger partial charge in [-0.05, 0) is 0 Å². The van der Waals surface area contributed by atoms with E-state index < -0.39 is 11.7 Å². The Morgan fingerprint density at radius 1 is 1.69 bits per heavy atom. The number of hydrogen-bond acceptors (Lipinski definition) is 5. The minimum absolute atomic E-state index is 0.0966. The van der Waals surface area contributed by atoms with Crippen molar-refractivity contribution in [2.45, 2.75) is 19.1 Å². The van der Waals surface area contributed by atoms with Crippen molar-refractivity contribution in [1.29, 1.82) is 0 Å². The van der Waals surface area contributed by atoms with Gasteiger partial charge in [-0.25, -0.2) is 9.79 Å². The molecule has 74 valence electrons. The predicted molar refractivity (Wildman–Crippen MR) is 45.4 cm³/mol. The number of hydrogen-bond donors (Lipinski definition) is 0. The van der Waals surface area contributed by atoms with Crippen LogP contribution in [0.5, 0.6) is 0 Å². The van der Waals surface area contributed by atoms with Crippen LogP contribution in [-0.4, -0.2) is 38.4 Å². The maximum atomic E-state index is 11.3. The Kier molecular flexibility index (Phi) is 2.87. The first kappa shape index (κ1) is 9.98. The molecule has 0 N–H and O–H groups in total. The standard InChI is InChI=1S/C8H13NO4/c1-4-6-9-8(12-3,5-13-6)7(10)11-2/h4-5H2,1-3H3. The van der Waals surface area contributed by atoms with Gasteiger partial charge in [0.2, 0.25) is 0 Å². The van der Waals surface area contributed by atoms with Crippen LogP contribution in [0.2, 0.25) is 0 Å². The quantitative estimate of drug-likeness (QED) is 0.598. The molecule has 1 unspecified atom stereocenters. The Bertz CT molecular complexity index is 238. The van der Waals surface area contributed by atoms with Crippen molar-refractivity contribution in [3.8, 4) is 0 Å². The van der Waals surface area contributed by atoms with E-state index in [1.54, 1.807) is 0 Å². The van der Waals surface area contributed by atoms with Gasteiger partial charge in [0.1, 0.15) is 0 Å². The maximum Gasteiger partial charge on any atom is 0.365 e. The molecule has 0 aromatic rings. The molecule has 0 aromatic carbocycles. The van der Waals surface area contributed by atoms with Crippen LogP contribution >= 0.6 is 0 Å². The van der Waals surface area contributed by atoms with E-state index >= 15 is 0 Å².